The van der Waals surface area contributed by atoms with E-state index >= 15 is 0 Å². The molecule has 1 N–H and O–H groups in total. The second-order valence-electron chi connectivity index (χ2n) is 3.26. The van der Waals surface area contributed by atoms with Crippen molar-refractivity contribution >= 4 is 5.97 Å². The van der Waals surface area contributed by atoms with E-state index in [1.165, 1.54) is 0 Å². The maximum atomic E-state index is 12.2. The molecular formula is C10H10F3NO5. The van der Waals surface area contributed by atoms with E-state index in [0.29, 0.717) is 0 Å². The van der Waals surface area contributed by atoms with Crippen LogP contribution in [0.15, 0.2) is 6.20 Å². The fraction of sp³-hybridized carbons (Fsp3) is 0.400. The van der Waals surface area contributed by atoms with Gasteiger partial charge in [-0.1, -0.05) is 0 Å². The van der Waals surface area contributed by atoms with Gasteiger partial charge in [0.1, 0.15) is 0 Å². The van der Waals surface area contributed by atoms with E-state index in [1.807, 2.05) is 0 Å². The summed E-state index contributed by atoms with van der Waals surface area (Å²) in [5, 5.41) is 9.42. The molecule has 0 aliphatic carbocycles. The number of hydrogen-bond acceptors (Lipinski definition) is 6. The van der Waals surface area contributed by atoms with Gasteiger partial charge in [0.25, 0.3) is 0 Å². The Labute approximate surface area is 105 Å². The Morgan fingerprint density at radius 3 is 2.53 bits per heavy atom. The lowest BCUT2D eigenvalue weighted by Crippen LogP contribution is -2.20. The molecule has 0 atom stereocenters. The molecule has 6 nitrogen and oxygen atoms in total. The van der Waals surface area contributed by atoms with Crippen molar-refractivity contribution in [1.29, 1.82) is 0 Å². The lowest BCUT2D eigenvalue weighted by molar-refractivity contribution is -0.276. The van der Waals surface area contributed by atoms with E-state index in [1.54, 1.807) is 0 Å². The molecule has 106 valence electrons. The van der Waals surface area contributed by atoms with E-state index in [2.05, 4.69) is 14.5 Å². The lowest BCUT2D eigenvalue weighted by atomic mass is 10.1. The zero-order valence-corrected chi connectivity index (χ0v) is 9.95. The number of ether oxygens (including phenoxy) is 3. The smallest absolute Gasteiger partial charge is 0.503 e. The molecule has 0 fully saturated rings. The Balaban J connectivity index is 3.25. The molecule has 1 aromatic heterocycles. The van der Waals surface area contributed by atoms with Crippen LogP contribution < -0.4 is 9.47 Å². The van der Waals surface area contributed by atoms with Gasteiger partial charge in [-0.15, -0.1) is 13.2 Å². The normalized spacial score (nSPS) is 11.0. The molecule has 0 spiro atoms. The van der Waals surface area contributed by atoms with Crippen molar-refractivity contribution in [1.82, 2.24) is 4.98 Å². The first kappa shape index (κ1) is 14.9. The van der Waals surface area contributed by atoms with Gasteiger partial charge in [-0.2, -0.15) is 0 Å². The van der Waals surface area contributed by atoms with E-state index in [4.69, 9.17) is 4.74 Å². The molecule has 0 unspecified atom stereocenters. The Hall–Kier alpha value is -2.19. The van der Waals surface area contributed by atoms with Crippen LogP contribution in [-0.2, 0) is 16.0 Å². The summed E-state index contributed by atoms with van der Waals surface area (Å²) in [6.45, 7) is 0. The van der Waals surface area contributed by atoms with E-state index in [-0.39, 0.29) is 11.3 Å². The highest BCUT2D eigenvalue weighted by Crippen LogP contribution is 2.37. The van der Waals surface area contributed by atoms with Gasteiger partial charge in [0.15, 0.2) is 11.5 Å². The van der Waals surface area contributed by atoms with Crippen LogP contribution in [0.5, 0.6) is 17.4 Å². The SMILES string of the molecule is COC(=O)Cc1c(OC(F)(F)F)ncc(O)c1OC. The minimum Gasteiger partial charge on any atom is -0.503 e. The van der Waals surface area contributed by atoms with Crippen LogP contribution in [0.3, 0.4) is 0 Å². The molecule has 0 aliphatic heterocycles. The van der Waals surface area contributed by atoms with Crippen molar-refractivity contribution in [3.8, 4) is 17.4 Å². The predicted molar refractivity (Wildman–Crippen MR) is 54.9 cm³/mol. The number of aromatic hydroxyl groups is 1. The number of carbonyl (C=O) groups is 1. The van der Waals surface area contributed by atoms with Crippen LogP contribution in [0.4, 0.5) is 13.2 Å². The van der Waals surface area contributed by atoms with E-state index < -0.39 is 30.4 Å². The number of aromatic nitrogens is 1. The van der Waals surface area contributed by atoms with Gasteiger partial charge >= 0.3 is 12.3 Å². The number of pyridine rings is 1. The zero-order chi connectivity index (χ0) is 14.6. The van der Waals surface area contributed by atoms with Crippen LogP contribution in [0.25, 0.3) is 0 Å². The molecule has 0 bridgehead atoms. The molecule has 1 rings (SSSR count). The average molecular weight is 281 g/mol. The highest BCUT2D eigenvalue weighted by atomic mass is 19.4. The van der Waals surface area contributed by atoms with Crippen molar-refractivity contribution < 1.29 is 37.3 Å². The average Bonchev–Trinajstić information content (AvgIpc) is 2.31. The zero-order valence-electron chi connectivity index (χ0n) is 9.95. The standard InChI is InChI=1S/C10H10F3NO5/c1-17-7(16)3-5-8(18-2)6(15)4-14-9(5)19-10(11,12)13/h4,15H,3H2,1-2H3. The van der Waals surface area contributed by atoms with Gasteiger partial charge < -0.3 is 19.3 Å². The number of esters is 1. The Morgan fingerprint density at radius 1 is 1.42 bits per heavy atom. The molecule has 1 heterocycles. The molecule has 0 amide bonds. The van der Waals surface area contributed by atoms with E-state index in [0.717, 1.165) is 20.4 Å². The molecule has 0 saturated carbocycles. The molecule has 0 aliphatic rings. The Morgan fingerprint density at radius 2 is 2.05 bits per heavy atom. The highest BCUT2D eigenvalue weighted by molar-refractivity contribution is 5.75. The lowest BCUT2D eigenvalue weighted by Gasteiger charge is -2.15. The minimum absolute atomic E-state index is 0.334. The van der Waals surface area contributed by atoms with Gasteiger partial charge in [0.05, 0.1) is 32.4 Å². The summed E-state index contributed by atoms with van der Waals surface area (Å²) < 4.78 is 49.3. The predicted octanol–water partition coefficient (Wildman–Crippen LogP) is 1.41. The van der Waals surface area contributed by atoms with Crippen molar-refractivity contribution in [2.24, 2.45) is 0 Å². The second-order valence-corrected chi connectivity index (χ2v) is 3.26. The first-order valence-electron chi connectivity index (χ1n) is 4.86. The third-order valence-corrected chi connectivity index (χ3v) is 2.03. The third-order valence-electron chi connectivity index (χ3n) is 2.03. The first-order valence-corrected chi connectivity index (χ1v) is 4.86. The van der Waals surface area contributed by atoms with Crippen molar-refractivity contribution in [3.63, 3.8) is 0 Å². The van der Waals surface area contributed by atoms with Crippen molar-refractivity contribution in [2.45, 2.75) is 12.8 Å². The number of nitrogens with zero attached hydrogens (tertiary/aromatic N) is 1. The summed E-state index contributed by atoms with van der Waals surface area (Å²) in [5.41, 5.74) is -0.355. The first-order chi connectivity index (χ1) is 8.78. The molecule has 9 heteroatoms. The van der Waals surface area contributed by atoms with Gasteiger partial charge in [0.2, 0.25) is 5.88 Å². The molecule has 19 heavy (non-hydrogen) atoms. The summed E-state index contributed by atoms with van der Waals surface area (Å²) in [4.78, 5) is 14.4. The summed E-state index contributed by atoms with van der Waals surface area (Å²) in [6.07, 6.45) is -4.85. The topological polar surface area (TPSA) is 77.9 Å². The van der Waals surface area contributed by atoms with Crippen molar-refractivity contribution in [3.05, 3.63) is 11.8 Å². The largest absolute Gasteiger partial charge is 0.574 e. The molecular weight excluding hydrogens is 271 g/mol. The molecule has 0 radical (unpaired) electrons. The summed E-state index contributed by atoms with van der Waals surface area (Å²) in [6, 6.07) is 0. The van der Waals surface area contributed by atoms with Crippen LogP contribution in [0.2, 0.25) is 0 Å². The van der Waals surface area contributed by atoms with Crippen LogP contribution in [0, 0.1) is 0 Å². The monoisotopic (exact) mass is 281 g/mol. The Kier molecular flexibility index (Phi) is 4.41. The molecule has 1 aromatic rings. The quantitative estimate of drug-likeness (QED) is 0.841. The second kappa shape index (κ2) is 5.63. The minimum atomic E-state index is -4.99. The van der Waals surface area contributed by atoms with Gasteiger partial charge in [-0.05, 0) is 0 Å². The molecule has 0 saturated heterocycles. The number of rotatable bonds is 4. The van der Waals surface area contributed by atoms with Crippen LogP contribution in [0.1, 0.15) is 5.56 Å². The fourth-order valence-electron chi connectivity index (χ4n) is 1.31. The van der Waals surface area contributed by atoms with Gasteiger partial charge in [-0.25, -0.2) is 4.98 Å². The number of carbonyl (C=O) groups excluding carboxylic acids is 1. The summed E-state index contributed by atoms with van der Waals surface area (Å²) in [5.74, 6) is -2.57. The summed E-state index contributed by atoms with van der Waals surface area (Å²) >= 11 is 0. The number of alkyl halides is 3. The van der Waals surface area contributed by atoms with Crippen molar-refractivity contribution in [2.75, 3.05) is 14.2 Å². The maximum Gasteiger partial charge on any atom is 0.574 e. The number of halogens is 3. The van der Waals surface area contributed by atoms with Crippen LogP contribution in [-0.4, -0.2) is 36.6 Å². The highest BCUT2D eigenvalue weighted by Gasteiger charge is 2.34. The summed E-state index contributed by atoms with van der Waals surface area (Å²) in [7, 11) is 2.18. The Bertz CT molecular complexity index is 475. The number of methoxy groups -OCH3 is 2. The number of hydrogen-bond donors (Lipinski definition) is 1. The van der Waals surface area contributed by atoms with E-state index in [9.17, 15) is 23.1 Å². The van der Waals surface area contributed by atoms with Gasteiger partial charge in [0, 0.05) is 0 Å². The molecule has 0 aromatic carbocycles. The third kappa shape index (κ3) is 3.90. The fourth-order valence-corrected chi connectivity index (χ4v) is 1.31. The van der Waals surface area contributed by atoms with Crippen LogP contribution >= 0.6 is 0 Å². The van der Waals surface area contributed by atoms with Gasteiger partial charge in [-0.3, -0.25) is 4.79 Å². The maximum absolute atomic E-state index is 12.2.